The molecule has 6 nitrogen and oxygen atoms in total. The third-order valence-electron chi connectivity index (χ3n) is 10.1. The molecule has 0 bridgehead atoms. The summed E-state index contributed by atoms with van der Waals surface area (Å²) in [6.45, 7) is 6.33. The first-order chi connectivity index (χ1) is 30.0. The first-order valence-corrected chi connectivity index (χ1v) is 24.7. The van der Waals surface area contributed by atoms with Crippen molar-refractivity contribution in [1.29, 1.82) is 0 Å². The van der Waals surface area contributed by atoms with E-state index in [0.717, 1.165) is 122 Å². The van der Waals surface area contributed by atoms with Crippen LogP contribution in [-0.4, -0.2) is 37.2 Å². The van der Waals surface area contributed by atoms with Crippen molar-refractivity contribution in [3.05, 3.63) is 97.2 Å². The fraction of sp³-hybridized carbons (Fsp3) is 0.655. The van der Waals surface area contributed by atoms with E-state index in [9.17, 15) is 14.4 Å². The minimum Gasteiger partial charge on any atom is -0.462 e. The summed E-state index contributed by atoms with van der Waals surface area (Å²) in [5.41, 5.74) is 0. The van der Waals surface area contributed by atoms with Crippen molar-refractivity contribution in [3.63, 3.8) is 0 Å². The van der Waals surface area contributed by atoms with Crippen molar-refractivity contribution >= 4 is 17.9 Å². The summed E-state index contributed by atoms with van der Waals surface area (Å²) in [6, 6.07) is 0. The molecule has 0 spiro atoms. The van der Waals surface area contributed by atoms with E-state index in [-0.39, 0.29) is 37.5 Å². The van der Waals surface area contributed by atoms with E-state index in [2.05, 4.69) is 118 Å². The molecule has 346 valence electrons. The maximum atomic E-state index is 12.8. The zero-order chi connectivity index (χ0) is 44.4. The molecule has 1 atom stereocenters. The molecule has 0 aliphatic heterocycles. The Hall–Kier alpha value is -3.67. The number of unbranched alkanes of at least 4 members (excludes halogenated alkanes) is 16. The SMILES string of the molecule is CC/C=C\C/C=C\C/C=C\C/C=C\CCCCCC(=O)OCC(COC(=O)CCCCCCCCCCCCC)OC(=O)CCCCC/C=C\C/C=C\C/C=C\C/C=C\CC. The molecule has 0 N–H and O–H groups in total. The van der Waals surface area contributed by atoms with E-state index in [1.165, 1.54) is 51.4 Å². The average molecular weight is 847 g/mol. The Balaban J connectivity index is 4.50. The first-order valence-electron chi connectivity index (χ1n) is 24.7. The largest absolute Gasteiger partial charge is 0.462 e. The van der Waals surface area contributed by atoms with Gasteiger partial charge in [-0.15, -0.1) is 0 Å². The molecule has 0 saturated heterocycles. The van der Waals surface area contributed by atoms with Crippen LogP contribution in [0.1, 0.15) is 213 Å². The van der Waals surface area contributed by atoms with Crippen molar-refractivity contribution in [2.24, 2.45) is 0 Å². The van der Waals surface area contributed by atoms with Crippen LogP contribution in [0.3, 0.4) is 0 Å². The van der Waals surface area contributed by atoms with Crippen LogP contribution < -0.4 is 0 Å². The Labute approximate surface area is 375 Å². The minimum absolute atomic E-state index is 0.101. The standard InChI is InChI=1S/C55H90O6/c1-4-7-10-13-16-19-22-24-26-28-30-33-36-39-42-45-48-54(57)60-51-52(50-59-53(56)47-44-41-38-35-32-21-18-15-12-9-6-3)61-55(58)49-46-43-40-37-34-31-29-27-25-23-20-17-14-11-8-5-2/h7-8,10-11,16-17,19-20,24-27,30-31,33-34,52H,4-6,9,12-15,18,21-23,28-29,32,35-51H2,1-3H3/b10-7-,11-8-,19-16-,20-17-,26-24-,27-25-,33-30-,34-31-. The first kappa shape index (κ1) is 57.3. The molecule has 0 aromatic carbocycles. The van der Waals surface area contributed by atoms with Crippen molar-refractivity contribution < 1.29 is 28.6 Å². The van der Waals surface area contributed by atoms with Crippen LogP contribution in [0.4, 0.5) is 0 Å². The van der Waals surface area contributed by atoms with Gasteiger partial charge in [-0.25, -0.2) is 0 Å². The second kappa shape index (κ2) is 49.0. The predicted molar refractivity (Wildman–Crippen MR) is 260 cm³/mol. The molecular weight excluding hydrogens is 757 g/mol. The summed E-state index contributed by atoms with van der Waals surface area (Å²) < 4.78 is 16.7. The maximum Gasteiger partial charge on any atom is 0.306 e. The van der Waals surface area contributed by atoms with E-state index in [1.807, 2.05) is 0 Å². The van der Waals surface area contributed by atoms with Crippen LogP contribution in [0.15, 0.2) is 97.2 Å². The predicted octanol–water partition coefficient (Wildman–Crippen LogP) is 16.2. The maximum absolute atomic E-state index is 12.8. The molecule has 61 heavy (non-hydrogen) atoms. The Morgan fingerprint density at radius 3 is 1.00 bits per heavy atom. The molecule has 0 aliphatic rings. The van der Waals surface area contributed by atoms with Crippen molar-refractivity contribution in [2.45, 2.75) is 219 Å². The molecule has 0 aromatic rings. The van der Waals surface area contributed by atoms with Gasteiger partial charge in [-0.1, -0.05) is 195 Å². The van der Waals surface area contributed by atoms with Gasteiger partial charge in [0.1, 0.15) is 13.2 Å². The van der Waals surface area contributed by atoms with Gasteiger partial charge in [-0.2, -0.15) is 0 Å². The minimum atomic E-state index is -0.805. The molecule has 0 fully saturated rings. The van der Waals surface area contributed by atoms with Crippen molar-refractivity contribution in [2.75, 3.05) is 13.2 Å². The number of rotatable bonds is 43. The Kier molecular flexibility index (Phi) is 46.0. The van der Waals surface area contributed by atoms with Crippen LogP contribution in [0, 0.1) is 0 Å². The van der Waals surface area contributed by atoms with Gasteiger partial charge in [0.2, 0.25) is 0 Å². The van der Waals surface area contributed by atoms with Gasteiger partial charge in [0.15, 0.2) is 6.10 Å². The molecule has 6 heteroatoms. The van der Waals surface area contributed by atoms with E-state index in [1.54, 1.807) is 0 Å². The van der Waals surface area contributed by atoms with Gasteiger partial charge in [0.05, 0.1) is 0 Å². The van der Waals surface area contributed by atoms with E-state index < -0.39 is 6.10 Å². The lowest BCUT2D eigenvalue weighted by Crippen LogP contribution is -2.30. The van der Waals surface area contributed by atoms with Gasteiger partial charge in [0.25, 0.3) is 0 Å². The highest BCUT2D eigenvalue weighted by atomic mass is 16.6. The summed E-state index contributed by atoms with van der Waals surface area (Å²) in [5, 5.41) is 0. The zero-order valence-corrected chi connectivity index (χ0v) is 39.4. The quantitative estimate of drug-likeness (QED) is 0.0263. The third-order valence-corrected chi connectivity index (χ3v) is 10.1. The molecule has 0 amide bonds. The molecule has 0 rings (SSSR count). The number of allylic oxidation sites excluding steroid dienone is 16. The van der Waals surface area contributed by atoms with Crippen LogP contribution in [0.25, 0.3) is 0 Å². The highest BCUT2D eigenvalue weighted by molar-refractivity contribution is 5.71. The fourth-order valence-electron chi connectivity index (χ4n) is 6.42. The van der Waals surface area contributed by atoms with Crippen LogP contribution >= 0.6 is 0 Å². The van der Waals surface area contributed by atoms with Gasteiger partial charge < -0.3 is 14.2 Å². The third kappa shape index (κ3) is 47.2. The summed E-state index contributed by atoms with van der Waals surface area (Å²) >= 11 is 0. The van der Waals surface area contributed by atoms with Crippen LogP contribution in [0.2, 0.25) is 0 Å². The summed E-state index contributed by atoms with van der Waals surface area (Å²) in [6.07, 6.45) is 63.9. The Bertz CT molecular complexity index is 1250. The van der Waals surface area contributed by atoms with Gasteiger partial charge in [0, 0.05) is 19.3 Å². The number of esters is 3. The summed E-state index contributed by atoms with van der Waals surface area (Å²) in [7, 11) is 0. The van der Waals surface area contributed by atoms with Gasteiger partial charge in [-0.05, 0) is 96.3 Å². The number of hydrogen-bond donors (Lipinski definition) is 0. The second-order valence-electron chi connectivity index (χ2n) is 16.0. The van der Waals surface area contributed by atoms with E-state index >= 15 is 0 Å². The van der Waals surface area contributed by atoms with Crippen molar-refractivity contribution in [3.8, 4) is 0 Å². The average Bonchev–Trinajstić information content (AvgIpc) is 3.26. The number of carbonyl (C=O) groups excluding carboxylic acids is 3. The smallest absolute Gasteiger partial charge is 0.306 e. The monoisotopic (exact) mass is 847 g/mol. The normalized spacial score (nSPS) is 12.9. The summed E-state index contributed by atoms with van der Waals surface area (Å²) in [4.78, 5) is 37.9. The Morgan fingerprint density at radius 1 is 0.344 bits per heavy atom. The van der Waals surface area contributed by atoms with E-state index in [4.69, 9.17) is 14.2 Å². The summed E-state index contributed by atoms with van der Waals surface area (Å²) in [5.74, 6) is -0.970. The lowest BCUT2D eigenvalue weighted by molar-refractivity contribution is -0.167. The van der Waals surface area contributed by atoms with Crippen molar-refractivity contribution in [1.82, 2.24) is 0 Å². The Morgan fingerprint density at radius 2 is 0.639 bits per heavy atom. The zero-order valence-electron chi connectivity index (χ0n) is 39.4. The molecule has 0 aromatic heterocycles. The molecule has 0 aliphatic carbocycles. The molecule has 0 radical (unpaired) electrons. The topological polar surface area (TPSA) is 78.9 Å². The number of carbonyl (C=O) groups is 3. The molecule has 1 unspecified atom stereocenters. The van der Waals surface area contributed by atoms with Gasteiger partial charge in [-0.3, -0.25) is 14.4 Å². The number of ether oxygens (including phenoxy) is 3. The molecule has 0 heterocycles. The lowest BCUT2D eigenvalue weighted by Gasteiger charge is -2.18. The van der Waals surface area contributed by atoms with Crippen LogP contribution in [-0.2, 0) is 28.6 Å². The molecular formula is C55H90O6. The van der Waals surface area contributed by atoms with E-state index in [0.29, 0.717) is 12.8 Å². The van der Waals surface area contributed by atoms with Crippen LogP contribution in [0.5, 0.6) is 0 Å². The lowest BCUT2D eigenvalue weighted by atomic mass is 10.1. The fourth-order valence-corrected chi connectivity index (χ4v) is 6.42. The second-order valence-corrected chi connectivity index (χ2v) is 16.0. The highest BCUT2D eigenvalue weighted by Gasteiger charge is 2.19. The van der Waals surface area contributed by atoms with Gasteiger partial charge >= 0.3 is 17.9 Å². The molecule has 0 saturated carbocycles. The highest BCUT2D eigenvalue weighted by Crippen LogP contribution is 2.13. The number of hydrogen-bond acceptors (Lipinski definition) is 6.